The second kappa shape index (κ2) is 9.42. The molecule has 0 unspecified atom stereocenters. The van der Waals surface area contributed by atoms with E-state index in [1.807, 2.05) is 42.7 Å². The van der Waals surface area contributed by atoms with Crippen LogP contribution in [-0.2, 0) is 13.0 Å². The van der Waals surface area contributed by atoms with Gasteiger partial charge >= 0.3 is 5.69 Å². The number of aryl methyl sites for hydroxylation is 2. The second-order valence-electron chi connectivity index (χ2n) is 7.12. The quantitative estimate of drug-likeness (QED) is 0.282. The minimum atomic E-state index is -0.676. The molecule has 0 amide bonds. The lowest BCUT2D eigenvalue weighted by atomic mass is 10.1. The van der Waals surface area contributed by atoms with Crippen LogP contribution in [0.3, 0.4) is 0 Å². The van der Waals surface area contributed by atoms with Crippen molar-refractivity contribution in [3.8, 4) is 11.5 Å². The highest BCUT2D eigenvalue weighted by Crippen LogP contribution is 2.28. The van der Waals surface area contributed by atoms with Crippen LogP contribution in [0, 0.1) is 29.8 Å². The van der Waals surface area contributed by atoms with E-state index >= 15 is 0 Å². The zero-order chi connectivity index (χ0) is 22.5. The first-order chi connectivity index (χ1) is 14.8. The summed E-state index contributed by atoms with van der Waals surface area (Å²) in [6.07, 6.45) is 0.778. The van der Waals surface area contributed by atoms with Gasteiger partial charge in [-0.15, -0.1) is 0 Å². The van der Waals surface area contributed by atoms with E-state index < -0.39 is 17.3 Å². The molecule has 1 heterocycles. The zero-order valence-corrected chi connectivity index (χ0v) is 17.6. The fourth-order valence-corrected chi connectivity index (χ4v) is 3.44. The van der Waals surface area contributed by atoms with Crippen molar-refractivity contribution in [3.63, 3.8) is 0 Å². The van der Waals surface area contributed by atoms with Crippen LogP contribution in [0.2, 0.25) is 0 Å². The highest BCUT2D eigenvalue weighted by molar-refractivity contribution is 5.98. The molecule has 0 aliphatic heterocycles. The highest BCUT2D eigenvalue weighted by Gasteiger charge is 2.20. The number of ketones is 1. The van der Waals surface area contributed by atoms with Gasteiger partial charge in [0.15, 0.2) is 12.4 Å². The summed E-state index contributed by atoms with van der Waals surface area (Å²) in [4.78, 5) is 23.1. The number of ether oxygens (including phenoxy) is 2. The van der Waals surface area contributed by atoms with Gasteiger partial charge < -0.3 is 14.0 Å². The summed E-state index contributed by atoms with van der Waals surface area (Å²) in [7, 11) is 1.62. The van der Waals surface area contributed by atoms with Crippen LogP contribution in [0.5, 0.6) is 11.5 Å². The van der Waals surface area contributed by atoms with Crippen molar-refractivity contribution in [3.05, 3.63) is 87.0 Å². The number of nitro benzene ring substituents is 1. The molecule has 0 fully saturated rings. The Balaban J connectivity index is 1.70. The molecular weight excluding hydrogens is 403 g/mol. The molecule has 7 nitrogen and oxygen atoms in total. The van der Waals surface area contributed by atoms with Gasteiger partial charge in [-0.3, -0.25) is 14.9 Å². The molecule has 31 heavy (non-hydrogen) atoms. The van der Waals surface area contributed by atoms with Gasteiger partial charge in [0, 0.05) is 35.6 Å². The van der Waals surface area contributed by atoms with Crippen LogP contribution in [-0.4, -0.2) is 29.0 Å². The Hall–Kier alpha value is -3.68. The van der Waals surface area contributed by atoms with Crippen LogP contribution in [0.15, 0.2) is 48.5 Å². The fourth-order valence-electron chi connectivity index (χ4n) is 3.44. The standard InChI is InChI=1S/C23H23FN2O5/c1-15-12-20(16(2)25(15)11-10-17-4-7-19(30-3)8-5-17)22(27)14-31-23-13-18(24)6-9-21(23)26(28)29/h4-9,12-13H,10-11,14H2,1-3H3. The molecule has 0 atom stereocenters. The average molecular weight is 426 g/mol. The zero-order valence-electron chi connectivity index (χ0n) is 17.6. The van der Waals surface area contributed by atoms with Crippen LogP contribution in [0.4, 0.5) is 10.1 Å². The van der Waals surface area contributed by atoms with Gasteiger partial charge in [-0.25, -0.2) is 4.39 Å². The van der Waals surface area contributed by atoms with Crippen LogP contribution >= 0.6 is 0 Å². The molecule has 0 bridgehead atoms. The fraction of sp³-hybridized carbons (Fsp3) is 0.261. The number of benzene rings is 2. The first kappa shape index (κ1) is 22.0. The van der Waals surface area contributed by atoms with Crippen molar-refractivity contribution in [2.75, 3.05) is 13.7 Å². The van der Waals surface area contributed by atoms with Crippen molar-refractivity contribution in [1.82, 2.24) is 4.57 Å². The minimum Gasteiger partial charge on any atom is -0.497 e. The minimum absolute atomic E-state index is 0.272. The summed E-state index contributed by atoms with van der Waals surface area (Å²) in [6.45, 7) is 4.02. The Morgan fingerprint density at radius 3 is 2.48 bits per heavy atom. The largest absolute Gasteiger partial charge is 0.497 e. The Bertz CT molecular complexity index is 1110. The maximum atomic E-state index is 13.4. The molecule has 0 aliphatic rings. The third-order valence-corrected chi connectivity index (χ3v) is 5.13. The van der Waals surface area contributed by atoms with Gasteiger partial charge in [0.1, 0.15) is 11.6 Å². The predicted molar refractivity (Wildman–Crippen MR) is 113 cm³/mol. The number of halogens is 1. The monoisotopic (exact) mass is 426 g/mol. The van der Waals surface area contributed by atoms with Crippen molar-refractivity contribution in [1.29, 1.82) is 0 Å². The van der Waals surface area contributed by atoms with E-state index in [0.717, 1.165) is 47.3 Å². The summed E-state index contributed by atoms with van der Waals surface area (Å²) in [6, 6.07) is 12.5. The Labute approximate surface area is 179 Å². The van der Waals surface area contributed by atoms with Crippen LogP contribution < -0.4 is 9.47 Å². The van der Waals surface area contributed by atoms with Gasteiger partial charge in [-0.05, 0) is 50.1 Å². The Morgan fingerprint density at radius 2 is 1.84 bits per heavy atom. The van der Waals surface area contributed by atoms with E-state index in [1.54, 1.807) is 13.2 Å². The van der Waals surface area contributed by atoms with Crippen LogP contribution in [0.1, 0.15) is 27.3 Å². The van der Waals surface area contributed by atoms with Crippen molar-refractivity contribution >= 4 is 11.5 Å². The molecule has 2 aromatic carbocycles. The smallest absolute Gasteiger partial charge is 0.311 e. The maximum Gasteiger partial charge on any atom is 0.311 e. The predicted octanol–water partition coefficient (Wildman–Crippen LogP) is 4.67. The van der Waals surface area contributed by atoms with Gasteiger partial charge in [-0.2, -0.15) is 0 Å². The molecule has 0 radical (unpaired) electrons. The maximum absolute atomic E-state index is 13.4. The lowest BCUT2D eigenvalue weighted by Gasteiger charge is -2.11. The lowest BCUT2D eigenvalue weighted by Crippen LogP contribution is -2.14. The van der Waals surface area contributed by atoms with E-state index in [1.165, 1.54) is 0 Å². The molecule has 0 saturated heterocycles. The van der Waals surface area contributed by atoms with Gasteiger partial charge in [0.2, 0.25) is 5.78 Å². The summed E-state index contributed by atoms with van der Waals surface area (Å²) in [5.74, 6) is -0.484. The number of aromatic nitrogens is 1. The normalized spacial score (nSPS) is 10.7. The lowest BCUT2D eigenvalue weighted by molar-refractivity contribution is -0.385. The van der Waals surface area contributed by atoms with Gasteiger partial charge in [0.05, 0.1) is 12.0 Å². The van der Waals surface area contributed by atoms with Gasteiger partial charge in [-0.1, -0.05) is 12.1 Å². The van der Waals surface area contributed by atoms with E-state index in [0.29, 0.717) is 12.1 Å². The average Bonchev–Trinajstić information content (AvgIpc) is 3.04. The highest BCUT2D eigenvalue weighted by atomic mass is 19.1. The number of carbonyl (C=O) groups excluding carboxylic acids is 1. The number of rotatable bonds is 9. The number of methoxy groups -OCH3 is 1. The van der Waals surface area contributed by atoms with Crippen molar-refractivity contribution < 1.29 is 23.6 Å². The third-order valence-electron chi connectivity index (χ3n) is 5.13. The summed E-state index contributed by atoms with van der Waals surface area (Å²) >= 11 is 0. The molecule has 3 aromatic rings. The van der Waals surface area contributed by atoms with E-state index in [2.05, 4.69) is 0 Å². The summed E-state index contributed by atoms with van der Waals surface area (Å²) in [5.41, 5.74) is 2.94. The molecule has 3 rings (SSSR count). The molecule has 162 valence electrons. The number of carbonyl (C=O) groups is 1. The van der Waals surface area contributed by atoms with Crippen molar-refractivity contribution in [2.45, 2.75) is 26.8 Å². The molecule has 1 aromatic heterocycles. The molecule has 0 N–H and O–H groups in total. The van der Waals surface area contributed by atoms with Gasteiger partial charge in [0.25, 0.3) is 0 Å². The number of hydrogen-bond donors (Lipinski definition) is 0. The Morgan fingerprint density at radius 1 is 1.13 bits per heavy atom. The molecule has 0 saturated carbocycles. The SMILES string of the molecule is COc1ccc(CCn2c(C)cc(C(=O)COc3cc(F)ccc3[N+](=O)[O-])c2C)cc1. The number of nitro groups is 1. The number of nitrogens with zero attached hydrogens (tertiary/aromatic N) is 2. The summed E-state index contributed by atoms with van der Waals surface area (Å²) in [5, 5.41) is 11.1. The third kappa shape index (κ3) is 5.09. The van der Waals surface area contributed by atoms with E-state index in [9.17, 15) is 19.3 Å². The molecular formula is C23H23FN2O5. The Kier molecular flexibility index (Phi) is 6.69. The van der Waals surface area contributed by atoms with E-state index in [4.69, 9.17) is 9.47 Å². The molecule has 0 aliphatic carbocycles. The summed E-state index contributed by atoms with van der Waals surface area (Å²) < 4.78 is 26.0. The first-order valence-electron chi connectivity index (χ1n) is 9.69. The topological polar surface area (TPSA) is 83.6 Å². The molecule has 8 heteroatoms. The first-order valence-corrected chi connectivity index (χ1v) is 9.69. The number of Topliss-reactive ketones (excluding diaryl/α,β-unsaturated/α-hetero) is 1. The van der Waals surface area contributed by atoms with Crippen LogP contribution in [0.25, 0.3) is 0 Å². The van der Waals surface area contributed by atoms with Crippen molar-refractivity contribution in [2.24, 2.45) is 0 Å². The van der Waals surface area contributed by atoms with E-state index in [-0.39, 0.29) is 17.2 Å². The second-order valence-corrected chi connectivity index (χ2v) is 7.12. The molecule has 0 spiro atoms. The number of hydrogen-bond acceptors (Lipinski definition) is 5.